The zero-order chi connectivity index (χ0) is 13.7. The van der Waals surface area contributed by atoms with Crippen molar-refractivity contribution in [2.75, 3.05) is 32.7 Å². The first-order chi connectivity index (χ1) is 8.41. The molecule has 1 amide bonds. The third-order valence-electron chi connectivity index (χ3n) is 3.35. The smallest absolute Gasteiger partial charge is 0.307 e. The first-order valence-electron chi connectivity index (χ1n) is 6.65. The van der Waals surface area contributed by atoms with Gasteiger partial charge in [0, 0.05) is 32.1 Å². The normalized spacial score (nSPS) is 19.7. The Morgan fingerprint density at radius 3 is 2.33 bits per heavy atom. The van der Waals surface area contributed by atoms with Crippen molar-refractivity contribution in [3.8, 4) is 0 Å². The van der Waals surface area contributed by atoms with Crippen LogP contribution in [0.25, 0.3) is 0 Å². The lowest BCUT2D eigenvalue weighted by Gasteiger charge is -2.24. The molecule has 5 nitrogen and oxygen atoms in total. The molecule has 1 aliphatic heterocycles. The molecule has 0 aromatic heterocycles. The second kappa shape index (κ2) is 6.73. The fourth-order valence-corrected chi connectivity index (χ4v) is 2.20. The molecule has 0 aromatic rings. The molecular weight excluding hydrogens is 232 g/mol. The van der Waals surface area contributed by atoms with Gasteiger partial charge in [-0.15, -0.1) is 0 Å². The maximum atomic E-state index is 11.9. The summed E-state index contributed by atoms with van der Waals surface area (Å²) >= 11 is 0. The van der Waals surface area contributed by atoms with Crippen molar-refractivity contribution in [3.05, 3.63) is 0 Å². The van der Waals surface area contributed by atoms with Crippen LogP contribution < -0.4 is 0 Å². The average molecular weight is 256 g/mol. The molecular formula is C13H24N2O3. The molecule has 1 fully saturated rings. The molecule has 0 aromatic carbocycles. The van der Waals surface area contributed by atoms with Crippen molar-refractivity contribution >= 4 is 11.9 Å². The van der Waals surface area contributed by atoms with E-state index in [9.17, 15) is 9.59 Å². The van der Waals surface area contributed by atoms with Crippen molar-refractivity contribution in [2.45, 2.75) is 27.2 Å². The molecule has 1 heterocycles. The predicted molar refractivity (Wildman–Crippen MR) is 69.3 cm³/mol. The highest BCUT2D eigenvalue weighted by Gasteiger charge is 2.23. The van der Waals surface area contributed by atoms with E-state index in [0.717, 1.165) is 26.1 Å². The topological polar surface area (TPSA) is 60.9 Å². The fourth-order valence-electron chi connectivity index (χ4n) is 2.20. The molecule has 0 aliphatic carbocycles. The van der Waals surface area contributed by atoms with Gasteiger partial charge in [0.25, 0.3) is 0 Å². The van der Waals surface area contributed by atoms with Gasteiger partial charge in [0.1, 0.15) is 0 Å². The SMILES string of the molecule is CC(C)C(=O)N1CCCN(CC(C)C(=O)O)CC1. The number of carbonyl (C=O) groups excluding carboxylic acids is 1. The van der Waals surface area contributed by atoms with Crippen LogP contribution in [0.15, 0.2) is 0 Å². The lowest BCUT2D eigenvalue weighted by Crippen LogP contribution is -2.38. The number of aliphatic carboxylic acids is 1. The Balaban J connectivity index is 2.46. The Morgan fingerprint density at radius 1 is 1.11 bits per heavy atom. The maximum Gasteiger partial charge on any atom is 0.307 e. The van der Waals surface area contributed by atoms with Gasteiger partial charge in [-0.1, -0.05) is 20.8 Å². The van der Waals surface area contributed by atoms with Crippen molar-refractivity contribution in [1.82, 2.24) is 9.80 Å². The van der Waals surface area contributed by atoms with E-state index in [1.165, 1.54) is 0 Å². The Labute approximate surface area is 109 Å². The van der Waals surface area contributed by atoms with Gasteiger partial charge in [-0.3, -0.25) is 9.59 Å². The minimum absolute atomic E-state index is 0.0366. The Bertz CT molecular complexity index is 305. The molecule has 1 N–H and O–H groups in total. The average Bonchev–Trinajstić information content (AvgIpc) is 2.53. The van der Waals surface area contributed by atoms with Gasteiger partial charge in [0.2, 0.25) is 5.91 Å². The van der Waals surface area contributed by atoms with E-state index in [1.54, 1.807) is 6.92 Å². The second-order valence-corrected chi connectivity index (χ2v) is 5.37. The monoisotopic (exact) mass is 256 g/mol. The quantitative estimate of drug-likeness (QED) is 0.811. The maximum absolute atomic E-state index is 11.9. The van der Waals surface area contributed by atoms with E-state index in [1.807, 2.05) is 18.7 Å². The molecule has 5 heteroatoms. The number of rotatable bonds is 4. The summed E-state index contributed by atoms with van der Waals surface area (Å²) in [6, 6.07) is 0. The first kappa shape index (κ1) is 15.0. The van der Waals surface area contributed by atoms with Crippen LogP contribution in [0.1, 0.15) is 27.2 Å². The van der Waals surface area contributed by atoms with E-state index >= 15 is 0 Å². The fraction of sp³-hybridized carbons (Fsp3) is 0.846. The molecule has 0 bridgehead atoms. The van der Waals surface area contributed by atoms with E-state index in [-0.39, 0.29) is 17.7 Å². The summed E-state index contributed by atoms with van der Waals surface area (Å²) in [6.07, 6.45) is 0.921. The van der Waals surface area contributed by atoms with Crippen LogP contribution in [0, 0.1) is 11.8 Å². The van der Waals surface area contributed by atoms with Crippen LogP contribution in [0.4, 0.5) is 0 Å². The summed E-state index contributed by atoms with van der Waals surface area (Å²) in [6.45, 7) is 9.27. The highest BCUT2D eigenvalue weighted by atomic mass is 16.4. The lowest BCUT2D eigenvalue weighted by molar-refractivity contribution is -0.142. The van der Waals surface area contributed by atoms with Gasteiger partial charge in [-0.25, -0.2) is 0 Å². The minimum atomic E-state index is -0.755. The zero-order valence-corrected chi connectivity index (χ0v) is 11.6. The molecule has 0 radical (unpaired) electrons. The summed E-state index contributed by atoms with van der Waals surface area (Å²) in [5.41, 5.74) is 0. The molecule has 1 unspecified atom stereocenters. The molecule has 1 atom stereocenters. The highest BCUT2D eigenvalue weighted by Crippen LogP contribution is 2.09. The van der Waals surface area contributed by atoms with Gasteiger partial charge in [0.05, 0.1) is 5.92 Å². The summed E-state index contributed by atoms with van der Waals surface area (Å²) < 4.78 is 0. The number of hydrogen-bond donors (Lipinski definition) is 1. The predicted octanol–water partition coefficient (Wildman–Crippen LogP) is 0.897. The van der Waals surface area contributed by atoms with Gasteiger partial charge < -0.3 is 14.9 Å². The summed E-state index contributed by atoms with van der Waals surface area (Å²) in [4.78, 5) is 26.8. The van der Waals surface area contributed by atoms with Crippen molar-refractivity contribution in [3.63, 3.8) is 0 Å². The Kier molecular flexibility index (Phi) is 5.59. The van der Waals surface area contributed by atoms with Gasteiger partial charge in [0.15, 0.2) is 0 Å². The number of amides is 1. The standard InChI is InChI=1S/C13H24N2O3/c1-10(2)12(16)15-6-4-5-14(7-8-15)9-11(3)13(17)18/h10-11H,4-9H2,1-3H3,(H,17,18). The number of carboxylic acid groups (broad SMARTS) is 1. The lowest BCUT2D eigenvalue weighted by atomic mass is 10.1. The van der Waals surface area contributed by atoms with Crippen molar-refractivity contribution in [2.24, 2.45) is 11.8 Å². The highest BCUT2D eigenvalue weighted by molar-refractivity contribution is 5.78. The van der Waals surface area contributed by atoms with Crippen molar-refractivity contribution in [1.29, 1.82) is 0 Å². The van der Waals surface area contributed by atoms with Crippen molar-refractivity contribution < 1.29 is 14.7 Å². The van der Waals surface area contributed by atoms with Crippen LogP contribution in [0.3, 0.4) is 0 Å². The van der Waals surface area contributed by atoms with E-state index < -0.39 is 5.97 Å². The van der Waals surface area contributed by atoms with Gasteiger partial charge in [-0.05, 0) is 13.0 Å². The first-order valence-corrected chi connectivity index (χ1v) is 6.65. The van der Waals surface area contributed by atoms with Gasteiger partial charge in [-0.2, -0.15) is 0 Å². The third-order valence-corrected chi connectivity index (χ3v) is 3.35. The third kappa shape index (κ3) is 4.29. The molecule has 1 aliphatic rings. The molecule has 0 spiro atoms. The number of carboxylic acids is 1. The van der Waals surface area contributed by atoms with Crippen LogP contribution in [-0.4, -0.2) is 59.5 Å². The van der Waals surface area contributed by atoms with E-state index in [0.29, 0.717) is 13.1 Å². The molecule has 0 saturated carbocycles. The molecule has 18 heavy (non-hydrogen) atoms. The number of carbonyl (C=O) groups is 2. The number of nitrogens with zero attached hydrogens (tertiary/aromatic N) is 2. The zero-order valence-electron chi connectivity index (χ0n) is 11.6. The van der Waals surface area contributed by atoms with E-state index in [2.05, 4.69) is 4.90 Å². The van der Waals surface area contributed by atoms with Crippen LogP contribution in [0.2, 0.25) is 0 Å². The molecule has 104 valence electrons. The second-order valence-electron chi connectivity index (χ2n) is 5.37. The summed E-state index contributed by atoms with van der Waals surface area (Å²) in [5, 5.41) is 8.90. The number of hydrogen-bond acceptors (Lipinski definition) is 3. The summed E-state index contributed by atoms with van der Waals surface area (Å²) in [7, 11) is 0. The van der Waals surface area contributed by atoms with Crippen LogP contribution in [-0.2, 0) is 9.59 Å². The molecule has 1 saturated heterocycles. The van der Waals surface area contributed by atoms with Crippen LogP contribution >= 0.6 is 0 Å². The molecule has 1 rings (SSSR count). The van der Waals surface area contributed by atoms with Crippen LogP contribution in [0.5, 0.6) is 0 Å². The van der Waals surface area contributed by atoms with Gasteiger partial charge >= 0.3 is 5.97 Å². The minimum Gasteiger partial charge on any atom is -0.481 e. The summed E-state index contributed by atoms with van der Waals surface area (Å²) in [5.74, 6) is -0.871. The largest absolute Gasteiger partial charge is 0.481 e. The Hall–Kier alpha value is -1.10. The Morgan fingerprint density at radius 2 is 1.78 bits per heavy atom. The van der Waals surface area contributed by atoms with E-state index in [4.69, 9.17) is 5.11 Å².